The van der Waals surface area contributed by atoms with E-state index in [2.05, 4.69) is 44.5 Å². The molecule has 1 fully saturated rings. The van der Waals surface area contributed by atoms with Gasteiger partial charge in [-0.1, -0.05) is 48.2 Å². The van der Waals surface area contributed by atoms with E-state index in [1.807, 2.05) is 30.3 Å². The van der Waals surface area contributed by atoms with Gasteiger partial charge in [-0.3, -0.25) is 9.78 Å². The summed E-state index contributed by atoms with van der Waals surface area (Å²) in [5.74, 6) is 1.08. The lowest BCUT2D eigenvalue weighted by Crippen LogP contribution is -2.40. The van der Waals surface area contributed by atoms with Gasteiger partial charge in [0.25, 0.3) is 0 Å². The number of hydrogen-bond donors (Lipinski definition) is 1. The number of nitrogens with one attached hydrogen (secondary N) is 1. The molecule has 1 aromatic heterocycles. The highest BCUT2D eigenvalue weighted by Gasteiger charge is 2.25. The smallest absolute Gasteiger partial charge is 0.223 e. The maximum Gasteiger partial charge on any atom is 0.223 e. The van der Waals surface area contributed by atoms with Crippen molar-refractivity contribution in [2.24, 2.45) is 5.92 Å². The van der Waals surface area contributed by atoms with Crippen LogP contribution in [0.2, 0.25) is 0 Å². The van der Waals surface area contributed by atoms with Gasteiger partial charge in [-0.25, -0.2) is 4.98 Å². The highest BCUT2D eigenvalue weighted by molar-refractivity contribution is 7.99. The molecule has 2 heterocycles. The van der Waals surface area contributed by atoms with Crippen molar-refractivity contribution in [1.29, 1.82) is 0 Å². The van der Waals surface area contributed by atoms with E-state index < -0.39 is 0 Å². The molecule has 0 atom stereocenters. The summed E-state index contributed by atoms with van der Waals surface area (Å²) in [6.45, 7) is 2.22. The van der Waals surface area contributed by atoms with E-state index in [0.717, 1.165) is 37.3 Å². The maximum atomic E-state index is 12.7. The molecule has 1 aliphatic heterocycles. The molecule has 148 valence electrons. The van der Waals surface area contributed by atoms with E-state index in [1.165, 1.54) is 9.79 Å². The van der Waals surface area contributed by atoms with Gasteiger partial charge in [0.05, 0.1) is 6.20 Å². The van der Waals surface area contributed by atoms with Gasteiger partial charge in [-0.15, -0.1) is 0 Å². The molecule has 0 radical (unpaired) electrons. The molecule has 0 bridgehead atoms. The molecular formula is C23H24N4OS. The first-order valence-corrected chi connectivity index (χ1v) is 10.7. The van der Waals surface area contributed by atoms with Crippen LogP contribution < -0.4 is 10.2 Å². The molecule has 0 unspecified atom stereocenters. The second kappa shape index (κ2) is 9.56. The Labute approximate surface area is 175 Å². The number of benzene rings is 2. The van der Waals surface area contributed by atoms with Crippen LogP contribution >= 0.6 is 11.8 Å². The first kappa shape index (κ1) is 19.5. The zero-order chi connectivity index (χ0) is 19.9. The fourth-order valence-corrected chi connectivity index (χ4v) is 4.48. The third-order valence-corrected chi connectivity index (χ3v) is 6.26. The van der Waals surface area contributed by atoms with Crippen molar-refractivity contribution in [1.82, 2.24) is 15.3 Å². The average Bonchev–Trinajstić information content (AvgIpc) is 2.80. The second-order valence-corrected chi connectivity index (χ2v) is 8.18. The fraction of sp³-hybridized carbons (Fsp3) is 0.261. The summed E-state index contributed by atoms with van der Waals surface area (Å²) in [5.41, 5.74) is 1.15. The van der Waals surface area contributed by atoms with Gasteiger partial charge < -0.3 is 10.2 Å². The quantitative estimate of drug-likeness (QED) is 0.668. The van der Waals surface area contributed by atoms with Gasteiger partial charge in [-0.2, -0.15) is 0 Å². The molecule has 1 saturated heterocycles. The lowest BCUT2D eigenvalue weighted by atomic mass is 9.96. The fourth-order valence-electron chi connectivity index (χ4n) is 3.52. The standard InChI is InChI=1S/C23H24N4OS/c28-23(18-10-14-27(15-11-18)22-17-24-12-13-25-22)26-16-19-6-4-5-9-21(19)29-20-7-2-1-3-8-20/h1-9,12-13,17-18H,10-11,14-16H2,(H,26,28). The van der Waals surface area contributed by atoms with Gasteiger partial charge in [0.1, 0.15) is 5.82 Å². The third-order valence-electron chi connectivity index (χ3n) is 5.14. The normalized spacial score (nSPS) is 14.6. The summed E-state index contributed by atoms with van der Waals surface area (Å²) in [4.78, 5) is 25.8. The van der Waals surface area contributed by atoms with Crippen molar-refractivity contribution in [3.63, 3.8) is 0 Å². The predicted octanol–water partition coefficient (Wildman–Crippen LogP) is 4.16. The van der Waals surface area contributed by atoms with Crippen LogP contribution in [-0.4, -0.2) is 29.0 Å². The number of aromatic nitrogens is 2. The zero-order valence-electron chi connectivity index (χ0n) is 16.2. The summed E-state index contributed by atoms with van der Waals surface area (Å²) in [6, 6.07) is 18.6. The maximum absolute atomic E-state index is 12.7. The molecule has 29 heavy (non-hydrogen) atoms. The van der Waals surface area contributed by atoms with Crippen molar-refractivity contribution in [2.45, 2.75) is 29.2 Å². The van der Waals surface area contributed by atoms with E-state index in [-0.39, 0.29) is 11.8 Å². The highest BCUT2D eigenvalue weighted by Crippen LogP contribution is 2.30. The van der Waals surface area contributed by atoms with Crippen LogP contribution in [0.4, 0.5) is 5.82 Å². The minimum Gasteiger partial charge on any atom is -0.355 e. The minimum absolute atomic E-state index is 0.0526. The Hall–Kier alpha value is -2.86. The van der Waals surface area contributed by atoms with Crippen molar-refractivity contribution in [2.75, 3.05) is 18.0 Å². The number of anilines is 1. The largest absolute Gasteiger partial charge is 0.355 e. The number of piperidine rings is 1. The summed E-state index contributed by atoms with van der Waals surface area (Å²) < 4.78 is 0. The third kappa shape index (κ3) is 5.15. The number of carbonyl (C=O) groups is 1. The van der Waals surface area contributed by atoms with Crippen molar-refractivity contribution in [3.05, 3.63) is 78.8 Å². The van der Waals surface area contributed by atoms with E-state index >= 15 is 0 Å². The van der Waals surface area contributed by atoms with Gasteiger partial charge in [0, 0.05) is 47.7 Å². The topological polar surface area (TPSA) is 58.1 Å². The SMILES string of the molecule is O=C(NCc1ccccc1Sc1ccccc1)C1CCN(c2cnccn2)CC1. The monoisotopic (exact) mass is 404 g/mol. The summed E-state index contributed by atoms with van der Waals surface area (Å²) in [6.07, 6.45) is 6.84. The van der Waals surface area contributed by atoms with E-state index in [1.54, 1.807) is 30.4 Å². The Balaban J connectivity index is 1.31. The van der Waals surface area contributed by atoms with Crippen LogP contribution in [0.3, 0.4) is 0 Å². The second-order valence-electron chi connectivity index (χ2n) is 7.07. The Morgan fingerprint density at radius 1 is 1.03 bits per heavy atom. The van der Waals surface area contributed by atoms with Crippen LogP contribution in [0.15, 0.2) is 83.0 Å². The van der Waals surface area contributed by atoms with E-state index in [0.29, 0.717) is 6.54 Å². The molecule has 3 aromatic rings. The molecule has 1 aliphatic rings. The Morgan fingerprint density at radius 3 is 2.55 bits per heavy atom. The molecule has 1 N–H and O–H groups in total. The lowest BCUT2D eigenvalue weighted by molar-refractivity contribution is -0.125. The summed E-state index contributed by atoms with van der Waals surface area (Å²) in [5, 5.41) is 3.15. The number of rotatable bonds is 6. The molecule has 6 heteroatoms. The first-order chi connectivity index (χ1) is 14.3. The number of carbonyl (C=O) groups excluding carboxylic acids is 1. The van der Waals surface area contributed by atoms with Crippen LogP contribution in [0.5, 0.6) is 0 Å². The molecule has 0 spiro atoms. The Bertz CT molecular complexity index is 928. The predicted molar refractivity (Wildman–Crippen MR) is 116 cm³/mol. The van der Waals surface area contributed by atoms with Crippen LogP contribution in [0, 0.1) is 5.92 Å². The van der Waals surface area contributed by atoms with E-state index in [4.69, 9.17) is 0 Å². The molecule has 1 amide bonds. The van der Waals surface area contributed by atoms with Crippen LogP contribution in [0.1, 0.15) is 18.4 Å². The van der Waals surface area contributed by atoms with Crippen LogP contribution in [0.25, 0.3) is 0 Å². The first-order valence-electron chi connectivity index (χ1n) is 9.89. The van der Waals surface area contributed by atoms with Crippen molar-refractivity contribution in [3.8, 4) is 0 Å². The summed E-state index contributed by atoms with van der Waals surface area (Å²) in [7, 11) is 0. The lowest BCUT2D eigenvalue weighted by Gasteiger charge is -2.31. The molecule has 4 rings (SSSR count). The molecular weight excluding hydrogens is 380 g/mol. The summed E-state index contributed by atoms with van der Waals surface area (Å²) >= 11 is 1.73. The van der Waals surface area contributed by atoms with E-state index in [9.17, 15) is 4.79 Å². The molecule has 2 aromatic carbocycles. The Kier molecular flexibility index (Phi) is 6.42. The van der Waals surface area contributed by atoms with Gasteiger partial charge >= 0.3 is 0 Å². The van der Waals surface area contributed by atoms with Crippen molar-refractivity contribution < 1.29 is 4.79 Å². The van der Waals surface area contributed by atoms with Crippen LogP contribution in [-0.2, 0) is 11.3 Å². The zero-order valence-corrected chi connectivity index (χ0v) is 17.0. The Morgan fingerprint density at radius 2 is 1.79 bits per heavy atom. The minimum atomic E-state index is 0.0526. The molecule has 0 saturated carbocycles. The van der Waals surface area contributed by atoms with Crippen molar-refractivity contribution >= 4 is 23.5 Å². The van der Waals surface area contributed by atoms with Gasteiger partial charge in [0.2, 0.25) is 5.91 Å². The number of amides is 1. The number of hydrogen-bond acceptors (Lipinski definition) is 5. The number of nitrogens with zero attached hydrogens (tertiary/aromatic N) is 3. The molecule has 0 aliphatic carbocycles. The highest BCUT2D eigenvalue weighted by atomic mass is 32.2. The van der Waals surface area contributed by atoms with Gasteiger partial charge in [-0.05, 0) is 36.6 Å². The van der Waals surface area contributed by atoms with Gasteiger partial charge in [0.15, 0.2) is 0 Å². The average molecular weight is 405 g/mol. The molecule has 5 nitrogen and oxygen atoms in total.